The highest BCUT2D eigenvalue weighted by atomic mass is 127. The summed E-state index contributed by atoms with van der Waals surface area (Å²) in [5, 5.41) is 6.71. The first kappa shape index (κ1) is 37.2. The van der Waals surface area contributed by atoms with Crippen LogP contribution in [0.2, 0.25) is 0 Å². The van der Waals surface area contributed by atoms with Gasteiger partial charge in [0.25, 0.3) is 0 Å². The van der Waals surface area contributed by atoms with Crippen LogP contribution in [0.4, 0.5) is 10.3 Å². The van der Waals surface area contributed by atoms with Crippen LogP contribution >= 0.6 is 24.0 Å². The van der Waals surface area contributed by atoms with Gasteiger partial charge in [0.1, 0.15) is 12.2 Å². The lowest BCUT2D eigenvalue weighted by atomic mass is 10.1. The Balaban J connectivity index is -0.000000963. The summed E-state index contributed by atoms with van der Waals surface area (Å²) in [5.74, 6) is -0.885. The third-order valence-electron chi connectivity index (χ3n) is 4.99. The van der Waals surface area contributed by atoms with Crippen molar-refractivity contribution in [3.8, 4) is 12.8 Å². The number of ether oxygens (including phenoxy) is 3. The van der Waals surface area contributed by atoms with Gasteiger partial charge in [-0.1, -0.05) is 20.8 Å². The average Bonchev–Trinajstić information content (AvgIpc) is 3.61. The maximum atomic E-state index is 13.0. The van der Waals surface area contributed by atoms with Crippen molar-refractivity contribution in [2.45, 2.75) is 57.7 Å². The second-order valence-corrected chi connectivity index (χ2v) is 9.38. The number of terminal acetylenes is 1. The number of anilines is 1. The van der Waals surface area contributed by atoms with Gasteiger partial charge in [-0.25, -0.2) is 22.8 Å². The van der Waals surface area contributed by atoms with Gasteiger partial charge in [-0.05, 0) is 19.8 Å². The molecule has 0 aliphatic carbocycles. The number of hydrogen-bond acceptors (Lipinski definition) is 9. The molecule has 0 unspecified atom stereocenters. The van der Waals surface area contributed by atoms with E-state index in [0.717, 1.165) is 25.6 Å². The molecule has 2 aromatic heterocycles. The van der Waals surface area contributed by atoms with Gasteiger partial charge < -0.3 is 14.2 Å². The Morgan fingerprint density at radius 2 is 1.65 bits per heavy atom. The Bertz CT molecular complexity index is 951. The summed E-state index contributed by atoms with van der Waals surface area (Å²) in [6.45, 7) is 9.74. The van der Waals surface area contributed by atoms with E-state index in [1.165, 1.54) is 44.9 Å². The lowest BCUT2D eigenvalue weighted by Crippen LogP contribution is -2.32. The van der Waals surface area contributed by atoms with Gasteiger partial charge in [0, 0.05) is 34.8 Å². The van der Waals surface area contributed by atoms with Crippen LogP contribution in [0.3, 0.4) is 0 Å². The molecule has 1 aliphatic rings. The molecule has 1 N–H and O–H groups in total. The van der Waals surface area contributed by atoms with Crippen molar-refractivity contribution in [3.63, 3.8) is 0 Å². The fourth-order valence-electron chi connectivity index (χ4n) is 2.94. The Kier molecular flexibility index (Phi) is 21.2. The first-order valence-electron chi connectivity index (χ1n) is 11.6. The van der Waals surface area contributed by atoms with Gasteiger partial charge in [-0.15, -0.1) is 47.0 Å². The summed E-state index contributed by atoms with van der Waals surface area (Å²) in [7, 11) is -0.793. The lowest BCUT2D eigenvalue weighted by Gasteiger charge is -2.22. The summed E-state index contributed by atoms with van der Waals surface area (Å²) < 4.78 is 57.8. The van der Waals surface area contributed by atoms with Crippen molar-refractivity contribution in [1.82, 2.24) is 24.7 Å². The highest BCUT2D eigenvalue weighted by Crippen LogP contribution is 2.23. The maximum absolute atomic E-state index is 13.0. The van der Waals surface area contributed by atoms with Gasteiger partial charge in [-0.3, -0.25) is 9.29 Å². The van der Waals surface area contributed by atoms with E-state index in [-0.39, 0.29) is 56.4 Å². The van der Waals surface area contributed by atoms with Crippen molar-refractivity contribution in [2.24, 2.45) is 0 Å². The number of methoxy groups -OCH3 is 2. The Hall–Kier alpha value is -1.93. The Morgan fingerprint density at radius 3 is 2.08 bits per heavy atom. The van der Waals surface area contributed by atoms with Crippen molar-refractivity contribution in [1.29, 1.82) is 0 Å². The highest BCUT2D eigenvalue weighted by Gasteiger charge is 2.31. The molecule has 37 heavy (non-hydrogen) atoms. The largest absolute Gasteiger partial charge is 0.382 e. The van der Waals surface area contributed by atoms with Crippen LogP contribution < -0.4 is 4.72 Å². The van der Waals surface area contributed by atoms with Crippen molar-refractivity contribution >= 4 is 39.9 Å². The molecule has 14 heteroatoms. The number of halogens is 2. The Labute approximate surface area is 238 Å². The molecule has 1 aliphatic heterocycles. The fraction of sp³-hybridized carbons (Fsp3) is 0.652. The summed E-state index contributed by atoms with van der Waals surface area (Å²) in [5.41, 5.74) is 0. The molecule has 2 aromatic rings. The predicted octanol–water partition coefficient (Wildman–Crippen LogP) is 3.91. The average molecular weight is 661 g/mol. The summed E-state index contributed by atoms with van der Waals surface area (Å²) in [6.07, 6.45) is 14.0. The van der Waals surface area contributed by atoms with Crippen LogP contribution in [0.1, 0.15) is 59.7 Å². The van der Waals surface area contributed by atoms with Crippen molar-refractivity contribution < 1.29 is 28.4 Å². The topological polar surface area (TPSA) is 130 Å². The molecule has 0 bridgehead atoms. The van der Waals surface area contributed by atoms with Crippen LogP contribution in [0, 0.1) is 18.7 Å². The van der Waals surface area contributed by atoms with E-state index >= 15 is 0 Å². The van der Waals surface area contributed by atoms with Crippen molar-refractivity contribution in [2.75, 3.05) is 45.4 Å². The second-order valence-electron chi connectivity index (χ2n) is 7.35. The van der Waals surface area contributed by atoms with Crippen LogP contribution in [0.25, 0.3) is 0 Å². The number of rotatable bonds is 10. The Morgan fingerprint density at radius 1 is 1.14 bits per heavy atom. The van der Waals surface area contributed by atoms with Gasteiger partial charge in [0.2, 0.25) is 16.0 Å². The van der Waals surface area contributed by atoms with E-state index in [2.05, 4.69) is 37.7 Å². The third-order valence-corrected chi connectivity index (χ3v) is 6.84. The minimum Gasteiger partial charge on any atom is -0.382 e. The van der Waals surface area contributed by atoms with E-state index < -0.39 is 27.0 Å². The SMILES string of the molecule is C#C.C1CCOC1.CC.COCC(COC)n1cnnc1NS(=O)(=O)[C@@H](C)[C@H](C)c1ncc(F)cn1.I.[HH]. The van der Waals surface area contributed by atoms with Gasteiger partial charge in [0.05, 0.1) is 36.9 Å². The molecule has 2 atom stereocenters. The fourth-order valence-corrected chi connectivity index (χ4v) is 4.19. The quantitative estimate of drug-likeness (QED) is 0.298. The summed E-state index contributed by atoms with van der Waals surface area (Å²) in [6, 6.07) is -0.305. The predicted molar refractivity (Wildman–Crippen MR) is 154 cm³/mol. The first-order chi connectivity index (χ1) is 17.3. The molecule has 11 nitrogen and oxygen atoms in total. The number of hydrogen-bond donors (Lipinski definition) is 1. The normalized spacial score (nSPS) is 13.9. The molecule has 0 aromatic carbocycles. The minimum atomic E-state index is -3.86. The number of sulfonamides is 1. The zero-order valence-corrected chi connectivity index (χ0v) is 25.5. The molecular weight excluding hydrogens is 618 g/mol. The standard InChI is InChI=1S/C15H23FN6O4S.C4H8O.C2H6.C2H2.HI.H2/c1-10(14-17-5-12(16)6-18-14)11(2)27(23,24)21-15-20-19-9-22(15)13(7-25-3)8-26-4;1-2-4-5-3-1;2*1-2;;/h5-6,9-11,13H,7-8H2,1-4H3,(H,20,21);1-4H2;1-2H3;1-2H;2*1H/t10-,11-;;;;;/m0...../s1. The van der Waals surface area contributed by atoms with E-state index in [0.29, 0.717) is 0 Å². The van der Waals surface area contributed by atoms with Crippen LogP contribution in [-0.2, 0) is 24.2 Å². The maximum Gasteiger partial charge on any atom is 0.238 e. The molecule has 0 saturated carbocycles. The van der Waals surface area contributed by atoms with E-state index in [1.54, 1.807) is 6.92 Å². The molecule has 3 rings (SSSR count). The number of nitrogens with zero attached hydrogens (tertiary/aromatic N) is 5. The molecule has 0 radical (unpaired) electrons. The molecular formula is C23H42FIN6O5S. The molecule has 0 spiro atoms. The van der Waals surface area contributed by atoms with Crippen molar-refractivity contribution in [3.05, 3.63) is 30.4 Å². The molecule has 214 valence electrons. The zero-order chi connectivity index (χ0) is 27.6. The highest BCUT2D eigenvalue weighted by molar-refractivity contribution is 14.0. The third kappa shape index (κ3) is 12.9. The first-order valence-corrected chi connectivity index (χ1v) is 13.1. The van der Waals surface area contributed by atoms with Gasteiger partial charge in [-0.2, -0.15) is 0 Å². The zero-order valence-electron chi connectivity index (χ0n) is 22.3. The molecule has 3 heterocycles. The minimum absolute atomic E-state index is 0. The molecule has 1 saturated heterocycles. The van der Waals surface area contributed by atoms with Crippen LogP contribution in [0.15, 0.2) is 18.7 Å². The summed E-state index contributed by atoms with van der Waals surface area (Å²) in [4.78, 5) is 7.72. The second kappa shape index (κ2) is 21.1. The van der Waals surface area contributed by atoms with E-state index in [9.17, 15) is 12.8 Å². The summed E-state index contributed by atoms with van der Waals surface area (Å²) >= 11 is 0. The van der Waals surface area contributed by atoms with Gasteiger partial charge in [0.15, 0.2) is 5.82 Å². The van der Waals surface area contributed by atoms with E-state index in [1.807, 2.05) is 13.8 Å². The lowest BCUT2D eigenvalue weighted by molar-refractivity contribution is 0.0902. The smallest absolute Gasteiger partial charge is 0.238 e. The van der Waals surface area contributed by atoms with Crippen LogP contribution in [0.5, 0.6) is 0 Å². The van der Waals surface area contributed by atoms with Gasteiger partial charge >= 0.3 is 0 Å². The number of aromatic nitrogens is 5. The van der Waals surface area contributed by atoms with E-state index in [4.69, 9.17) is 14.2 Å². The molecule has 1 fully saturated rings. The number of nitrogens with one attached hydrogen (secondary N) is 1. The molecule has 0 amide bonds. The monoisotopic (exact) mass is 660 g/mol. The van der Waals surface area contributed by atoms with Crippen LogP contribution in [-0.4, -0.2) is 79.0 Å².